The highest BCUT2D eigenvalue weighted by atomic mass is 32.2. The van der Waals surface area contributed by atoms with Gasteiger partial charge in [-0.2, -0.15) is 0 Å². The Balaban J connectivity index is 1.55. The van der Waals surface area contributed by atoms with Crippen molar-refractivity contribution in [1.82, 2.24) is 4.90 Å². The van der Waals surface area contributed by atoms with E-state index in [1.807, 2.05) is 0 Å². The fourth-order valence-corrected chi connectivity index (χ4v) is 4.10. The molecule has 0 atom stereocenters. The number of rotatable bonds is 5. The largest absolute Gasteiger partial charge is 0.481 e. The van der Waals surface area contributed by atoms with E-state index >= 15 is 0 Å². The predicted molar refractivity (Wildman–Crippen MR) is 85.8 cm³/mol. The van der Waals surface area contributed by atoms with Gasteiger partial charge in [0.2, 0.25) is 0 Å². The minimum atomic E-state index is -3.62. The summed E-state index contributed by atoms with van der Waals surface area (Å²) in [7, 11) is -3.62. The molecule has 1 heterocycles. The molecule has 0 N–H and O–H groups in total. The third-order valence-electron chi connectivity index (χ3n) is 3.97. The standard InChI is InChI=1S/C17H15F2NO4S/c18-12-5-7-13(8-6-12)25(22,23)14-9-20(10-14)17(21)11-24-16-4-2-1-3-15(16)19/h1-8,14H,9-11H2. The van der Waals surface area contributed by atoms with Crippen molar-refractivity contribution in [2.24, 2.45) is 0 Å². The zero-order valence-corrected chi connectivity index (χ0v) is 13.9. The maximum Gasteiger partial charge on any atom is 0.260 e. The molecule has 8 heteroatoms. The third kappa shape index (κ3) is 3.63. The number of benzene rings is 2. The van der Waals surface area contributed by atoms with Crippen LogP contribution in [0.2, 0.25) is 0 Å². The van der Waals surface area contributed by atoms with Crippen molar-refractivity contribution in [2.75, 3.05) is 19.7 Å². The van der Waals surface area contributed by atoms with Crippen LogP contribution in [0, 0.1) is 11.6 Å². The van der Waals surface area contributed by atoms with Crippen LogP contribution in [0.25, 0.3) is 0 Å². The van der Waals surface area contributed by atoms with Crippen molar-refractivity contribution in [2.45, 2.75) is 10.1 Å². The molecule has 2 aromatic carbocycles. The van der Waals surface area contributed by atoms with Crippen molar-refractivity contribution in [3.8, 4) is 5.75 Å². The molecule has 1 aliphatic rings. The summed E-state index contributed by atoms with van der Waals surface area (Å²) < 4.78 is 56.2. The van der Waals surface area contributed by atoms with Crippen LogP contribution in [-0.4, -0.2) is 44.2 Å². The maximum absolute atomic E-state index is 13.4. The van der Waals surface area contributed by atoms with E-state index in [1.54, 1.807) is 6.07 Å². The average Bonchev–Trinajstić information content (AvgIpc) is 2.53. The number of carbonyl (C=O) groups excluding carboxylic acids is 1. The van der Waals surface area contributed by atoms with E-state index in [1.165, 1.54) is 35.2 Å². The van der Waals surface area contributed by atoms with Gasteiger partial charge in [-0.15, -0.1) is 0 Å². The molecule has 1 saturated heterocycles. The zero-order chi connectivity index (χ0) is 18.0. The molecule has 0 saturated carbocycles. The number of hydrogen-bond donors (Lipinski definition) is 0. The highest BCUT2D eigenvalue weighted by Gasteiger charge is 2.40. The highest BCUT2D eigenvalue weighted by molar-refractivity contribution is 7.92. The van der Waals surface area contributed by atoms with Gasteiger partial charge in [-0.3, -0.25) is 4.79 Å². The fraction of sp³-hybridized carbons (Fsp3) is 0.235. The van der Waals surface area contributed by atoms with Gasteiger partial charge in [-0.05, 0) is 36.4 Å². The van der Waals surface area contributed by atoms with Crippen LogP contribution >= 0.6 is 0 Å². The summed E-state index contributed by atoms with van der Waals surface area (Å²) in [6.45, 7) is -0.317. The number of halogens is 2. The Morgan fingerprint density at radius 2 is 1.72 bits per heavy atom. The van der Waals surface area contributed by atoms with Gasteiger partial charge in [-0.1, -0.05) is 12.1 Å². The molecule has 2 aromatic rings. The van der Waals surface area contributed by atoms with E-state index in [2.05, 4.69) is 0 Å². The first kappa shape index (κ1) is 17.3. The molecule has 132 valence electrons. The van der Waals surface area contributed by atoms with E-state index in [0.29, 0.717) is 0 Å². The van der Waals surface area contributed by atoms with E-state index in [9.17, 15) is 22.0 Å². The number of nitrogens with zero attached hydrogens (tertiary/aromatic N) is 1. The summed E-state index contributed by atoms with van der Waals surface area (Å²) in [4.78, 5) is 13.3. The summed E-state index contributed by atoms with van der Waals surface area (Å²) in [5.74, 6) is -1.55. The quantitative estimate of drug-likeness (QED) is 0.759. The fourth-order valence-electron chi connectivity index (χ4n) is 2.45. The summed E-state index contributed by atoms with van der Waals surface area (Å²) in [5.41, 5.74) is 0. The first-order valence-corrected chi connectivity index (χ1v) is 9.07. The molecule has 1 fully saturated rings. The summed E-state index contributed by atoms with van der Waals surface area (Å²) in [5, 5.41) is -0.740. The second-order valence-corrected chi connectivity index (χ2v) is 7.87. The molecule has 1 amide bonds. The SMILES string of the molecule is O=C(COc1ccccc1F)N1CC(S(=O)(=O)c2ccc(F)cc2)C1. The molecule has 0 aliphatic carbocycles. The molecule has 5 nitrogen and oxygen atoms in total. The van der Waals surface area contributed by atoms with Crippen molar-refractivity contribution < 1.29 is 26.7 Å². The van der Waals surface area contributed by atoms with Crippen LogP contribution < -0.4 is 4.74 Å². The van der Waals surface area contributed by atoms with E-state index in [0.717, 1.165) is 12.1 Å². The van der Waals surface area contributed by atoms with Gasteiger partial charge in [0.25, 0.3) is 5.91 Å². The Morgan fingerprint density at radius 3 is 2.36 bits per heavy atom. The normalized spacial score (nSPS) is 14.9. The topological polar surface area (TPSA) is 63.7 Å². The number of likely N-dealkylation sites (tertiary alicyclic amines) is 1. The Kier molecular flexibility index (Phi) is 4.71. The van der Waals surface area contributed by atoms with Crippen LogP contribution in [0.15, 0.2) is 53.4 Å². The van der Waals surface area contributed by atoms with Gasteiger partial charge < -0.3 is 9.64 Å². The number of amides is 1. The van der Waals surface area contributed by atoms with Crippen molar-refractivity contribution >= 4 is 15.7 Å². The van der Waals surface area contributed by atoms with Gasteiger partial charge in [0, 0.05) is 13.1 Å². The summed E-state index contributed by atoms with van der Waals surface area (Å²) in [6, 6.07) is 10.3. The average molecular weight is 367 g/mol. The first-order chi connectivity index (χ1) is 11.9. The lowest BCUT2D eigenvalue weighted by Crippen LogP contribution is -2.57. The minimum absolute atomic E-state index is 0.0219. The lowest BCUT2D eigenvalue weighted by atomic mass is 10.2. The molecule has 25 heavy (non-hydrogen) atoms. The van der Waals surface area contributed by atoms with Crippen LogP contribution in [0.3, 0.4) is 0 Å². The Labute approximate surface area is 143 Å². The van der Waals surface area contributed by atoms with Gasteiger partial charge in [0.1, 0.15) is 11.1 Å². The Bertz CT molecular complexity index is 878. The predicted octanol–water partition coefficient (Wildman–Crippen LogP) is 2.03. The van der Waals surface area contributed by atoms with Crippen LogP contribution in [0.4, 0.5) is 8.78 Å². The highest BCUT2D eigenvalue weighted by Crippen LogP contribution is 2.24. The molecule has 0 bridgehead atoms. The number of hydrogen-bond acceptors (Lipinski definition) is 4. The zero-order valence-electron chi connectivity index (χ0n) is 13.1. The lowest BCUT2D eigenvalue weighted by Gasteiger charge is -2.38. The second kappa shape index (κ2) is 6.79. The number of para-hydroxylation sites is 1. The monoisotopic (exact) mass is 367 g/mol. The molecular weight excluding hydrogens is 352 g/mol. The van der Waals surface area contributed by atoms with Crippen LogP contribution in [0.1, 0.15) is 0 Å². The smallest absolute Gasteiger partial charge is 0.260 e. The minimum Gasteiger partial charge on any atom is -0.481 e. The molecule has 0 radical (unpaired) electrons. The second-order valence-electron chi connectivity index (χ2n) is 5.64. The van der Waals surface area contributed by atoms with Gasteiger partial charge >= 0.3 is 0 Å². The van der Waals surface area contributed by atoms with E-state index in [-0.39, 0.29) is 30.3 Å². The summed E-state index contributed by atoms with van der Waals surface area (Å²) in [6.07, 6.45) is 0. The molecule has 0 spiro atoms. The lowest BCUT2D eigenvalue weighted by molar-refractivity contribution is -0.136. The summed E-state index contributed by atoms with van der Waals surface area (Å²) >= 11 is 0. The van der Waals surface area contributed by atoms with Crippen LogP contribution in [-0.2, 0) is 14.6 Å². The van der Waals surface area contributed by atoms with Crippen molar-refractivity contribution in [3.05, 3.63) is 60.2 Å². The molecule has 0 aromatic heterocycles. The molecule has 3 rings (SSSR count). The van der Waals surface area contributed by atoms with Crippen molar-refractivity contribution in [1.29, 1.82) is 0 Å². The number of carbonyl (C=O) groups is 1. The van der Waals surface area contributed by atoms with Gasteiger partial charge in [0.05, 0.1) is 4.90 Å². The van der Waals surface area contributed by atoms with E-state index in [4.69, 9.17) is 4.74 Å². The van der Waals surface area contributed by atoms with Gasteiger partial charge in [-0.25, -0.2) is 17.2 Å². The van der Waals surface area contributed by atoms with Crippen LogP contribution in [0.5, 0.6) is 5.75 Å². The molecular formula is C17H15F2NO4S. The third-order valence-corrected chi connectivity index (χ3v) is 6.07. The molecule has 0 unspecified atom stereocenters. The first-order valence-electron chi connectivity index (χ1n) is 7.52. The van der Waals surface area contributed by atoms with E-state index < -0.39 is 32.6 Å². The van der Waals surface area contributed by atoms with Gasteiger partial charge in [0.15, 0.2) is 28.0 Å². The van der Waals surface area contributed by atoms with Crippen molar-refractivity contribution in [3.63, 3.8) is 0 Å². The Morgan fingerprint density at radius 1 is 1.08 bits per heavy atom. The number of sulfone groups is 1. The maximum atomic E-state index is 13.4. The number of ether oxygens (including phenoxy) is 1. The Hall–Kier alpha value is -2.48. The molecule has 1 aliphatic heterocycles.